The van der Waals surface area contributed by atoms with Crippen molar-refractivity contribution >= 4 is 21.4 Å². The number of thiophene rings is 1. The fourth-order valence-corrected chi connectivity index (χ4v) is 3.29. The maximum absolute atomic E-state index is 6.31. The van der Waals surface area contributed by atoms with Gasteiger partial charge in [-0.3, -0.25) is 4.68 Å². The Morgan fingerprint density at radius 3 is 2.95 bits per heavy atom. The van der Waals surface area contributed by atoms with Crippen molar-refractivity contribution in [2.75, 3.05) is 0 Å². The molecule has 0 bridgehead atoms. The van der Waals surface area contributed by atoms with E-state index in [4.69, 9.17) is 5.73 Å². The summed E-state index contributed by atoms with van der Waals surface area (Å²) >= 11 is 1.78. The highest BCUT2D eigenvalue weighted by atomic mass is 32.1. The van der Waals surface area contributed by atoms with E-state index >= 15 is 0 Å². The number of hydrogen-bond donors (Lipinski definition) is 1. The first kappa shape index (κ1) is 12.4. The first-order valence-corrected chi connectivity index (χ1v) is 7.33. The zero-order valence-corrected chi connectivity index (χ0v) is 11.7. The van der Waals surface area contributed by atoms with Crippen LogP contribution in [0.25, 0.3) is 10.1 Å². The summed E-state index contributed by atoms with van der Waals surface area (Å²) in [5.41, 5.74) is 7.52. The lowest BCUT2D eigenvalue weighted by molar-refractivity contribution is 0.657. The molecule has 2 heterocycles. The summed E-state index contributed by atoms with van der Waals surface area (Å²) in [5.74, 6) is 0. The second-order valence-corrected chi connectivity index (χ2v) is 5.82. The molecule has 3 nitrogen and oxygen atoms in total. The van der Waals surface area contributed by atoms with Crippen LogP contribution in [0.2, 0.25) is 0 Å². The fourth-order valence-electron chi connectivity index (χ4n) is 2.22. The summed E-state index contributed by atoms with van der Waals surface area (Å²) in [6, 6.07) is 10.7. The van der Waals surface area contributed by atoms with Crippen LogP contribution in [0.3, 0.4) is 0 Å². The minimum absolute atomic E-state index is 0.0481. The maximum atomic E-state index is 6.31. The van der Waals surface area contributed by atoms with Crippen LogP contribution < -0.4 is 5.73 Å². The summed E-state index contributed by atoms with van der Waals surface area (Å²) in [6.07, 6.45) is 4.83. The molecule has 0 aliphatic rings. The van der Waals surface area contributed by atoms with E-state index < -0.39 is 0 Å². The van der Waals surface area contributed by atoms with Crippen molar-refractivity contribution < 1.29 is 0 Å². The van der Waals surface area contributed by atoms with E-state index in [9.17, 15) is 0 Å². The van der Waals surface area contributed by atoms with Crippen molar-refractivity contribution in [3.05, 3.63) is 53.2 Å². The Balaban J connectivity index is 1.81. The van der Waals surface area contributed by atoms with Gasteiger partial charge < -0.3 is 5.73 Å². The molecular formula is C15H17N3S. The van der Waals surface area contributed by atoms with Crippen LogP contribution in [-0.4, -0.2) is 9.78 Å². The van der Waals surface area contributed by atoms with Crippen molar-refractivity contribution in [1.29, 1.82) is 0 Å². The normalized spacial score (nSPS) is 12.9. The standard InChI is InChI=1S/C15H17N3S/c1-2-18-10-11(9-17-18)7-13(16)15-8-12-5-3-4-6-14(12)19-15/h3-6,8-10,13H,2,7,16H2,1H3. The largest absolute Gasteiger partial charge is 0.323 e. The van der Waals surface area contributed by atoms with E-state index in [1.54, 1.807) is 11.3 Å². The van der Waals surface area contributed by atoms with Crippen LogP contribution in [0, 0.1) is 0 Å². The minimum Gasteiger partial charge on any atom is -0.323 e. The first-order chi connectivity index (χ1) is 9.26. The van der Waals surface area contributed by atoms with Gasteiger partial charge in [0, 0.05) is 28.4 Å². The van der Waals surface area contributed by atoms with Gasteiger partial charge in [-0.1, -0.05) is 18.2 Å². The van der Waals surface area contributed by atoms with Gasteiger partial charge in [-0.25, -0.2) is 0 Å². The molecule has 0 amide bonds. The average Bonchev–Trinajstić information content (AvgIpc) is 3.04. The third-order valence-corrected chi connectivity index (χ3v) is 4.52. The number of aryl methyl sites for hydroxylation is 1. The van der Waals surface area contributed by atoms with Crippen molar-refractivity contribution in [3.63, 3.8) is 0 Å². The van der Waals surface area contributed by atoms with Crippen LogP contribution in [-0.2, 0) is 13.0 Å². The number of aromatic nitrogens is 2. The van der Waals surface area contributed by atoms with Gasteiger partial charge >= 0.3 is 0 Å². The molecule has 3 rings (SSSR count). The Morgan fingerprint density at radius 2 is 2.21 bits per heavy atom. The second kappa shape index (κ2) is 5.15. The third kappa shape index (κ3) is 2.55. The molecule has 0 radical (unpaired) electrons. The Bertz CT molecular complexity index is 650. The molecule has 0 aliphatic heterocycles. The summed E-state index contributed by atoms with van der Waals surface area (Å²) < 4.78 is 3.24. The molecule has 0 spiro atoms. The van der Waals surface area contributed by atoms with Crippen molar-refractivity contribution in [2.45, 2.75) is 25.9 Å². The number of nitrogens with two attached hydrogens (primary N) is 1. The van der Waals surface area contributed by atoms with Crippen LogP contribution in [0.5, 0.6) is 0 Å². The molecule has 98 valence electrons. The van der Waals surface area contributed by atoms with Gasteiger partial charge in [-0.05, 0) is 36.4 Å². The molecule has 2 N–H and O–H groups in total. The number of hydrogen-bond acceptors (Lipinski definition) is 3. The van der Waals surface area contributed by atoms with Gasteiger partial charge in [0.15, 0.2) is 0 Å². The lowest BCUT2D eigenvalue weighted by atomic mass is 10.1. The highest BCUT2D eigenvalue weighted by Gasteiger charge is 2.11. The summed E-state index contributed by atoms with van der Waals surface area (Å²) in [7, 11) is 0. The van der Waals surface area contributed by atoms with Gasteiger partial charge in [-0.15, -0.1) is 11.3 Å². The van der Waals surface area contributed by atoms with E-state index in [1.807, 2.05) is 10.9 Å². The summed E-state index contributed by atoms with van der Waals surface area (Å²) in [6.45, 7) is 2.99. The topological polar surface area (TPSA) is 43.8 Å². The van der Waals surface area contributed by atoms with E-state index in [0.717, 1.165) is 13.0 Å². The Morgan fingerprint density at radius 1 is 1.37 bits per heavy atom. The van der Waals surface area contributed by atoms with Gasteiger partial charge in [0.05, 0.1) is 6.20 Å². The molecule has 2 aromatic heterocycles. The van der Waals surface area contributed by atoms with Crippen molar-refractivity contribution in [2.24, 2.45) is 5.73 Å². The maximum Gasteiger partial charge on any atom is 0.0522 e. The quantitative estimate of drug-likeness (QED) is 0.790. The predicted molar refractivity (Wildman–Crippen MR) is 80.4 cm³/mol. The van der Waals surface area contributed by atoms with Gasteiger partial charge in [-0.2, -0.15) is 5.10 Å². The third-order valence-electron chi connectivity index (χ3n) is 3.28. The second-order valence-electron chi connectivity index (χ2n) is 4.70. The van der Waals surface area contributed by atoms with Crippen LogP contribution in [0.15, 0.2) is 42.7 Å². The first-order valence-electron chi connectivity index (χ1n) is 6.51. The summed E-state index contributed by atoms with van der Waals surface area (Å²) in [5, 5.41) is 5.57. The molecule has 0 saturated heterocycles. The van der Waals surface area contributed by atoms with E-state index in [2.05, 4.69) is 48.6 Å². The minimum atomic E-state index is 0.0481. The Kier molecular flexibility index (Phi) is 3.36. The number of rotatable bonds is 4. The molecule has 1 unspecified atom stereocenters. The molecule has 4 heteroatoms. The highest BCUT2D eigenvalue weighted by molar-refractivity contribution is 7.19. The molecule has 0 fully saturated rings. The average molecular weight is 271 g/mol. The summed E-state index contributed by atoms with van der Waals surface area (Å²) in [4.78, 5) is 1.24. The number of nitrogens with zero attached hydrogens (tertiary/aromatic N) is 2. The van der Waals surface area contributed by atoms with E-state index in [1.165, 1.54) is 20.5 Å². The molecular weight excluding hydrogens is 254 g/mol. The lowest BCUT2D eigenvalue weighted by Gasteiger charge is -2.06. The van der Waals surface area contributed by atoms with Crippen LogP contribution in [0.1, 0.15) is 23.4 Å². The molecule has 3 aromatic rings. The van der Waals surface area contributed by atoms with Gasteiger partial charge in [0.1, 0.15) is 0 Å². The zero-order chi connectivity index (χ0) is 13.2. The Labute approximate surface area is 116 Å². The molecule has 0 saturated carbocycles. The van der Waals surface area contributed by atoms with Gasteiger partial charge in [0.2, 0.25) is 0 Å². The van der Waals surface area contributed by atoms with E-state index in [-0.39, 0.29) is 6.04 Å². The lowest BCUT2D eigenvalue weighted by Crippen LogP contribution is -2.11. The number of benzene rings is 1. The van der Waals surface area contributed by atoms with Crippen LogP contribution >= 0.6 is 11.3 Å². The van der Waals surface area contributed by atoms with Crippen LogP contribution in [0.4, 0.5) is 0 Å². The molecule has 1 aromatic carbocycles. The highest BCUT2D eigenvalue weighted by Crippen LogP contribution is 2.30. The zero-order valence-electron chi connectivity index (χ0n) is 10.9. The molecule has 1 atom stereocenters. The smallest absolute Gasteiger partial charge is 0.0522 e. The van der Waals surface area contributed by atoms with Gasteiger partial charge in [0.25, 0.3) is 0 Å². The molecule has 19 heavy (non-hydrogen) atoms. The number of fused-ring (bicyclic) bond motifs is 1. The van der Waals surface area contributed by atoms with E-state index in [0.29, 0.717) is 0 Å². The van der Waals surface area contributed by atoms with Crippen molar-refractivity contribution in [1.82, 2.24) is 9.78 Å². The SMILES string of the molecule is CCn1cc(CC(N)c2cc3ccccc3s2)cn1. The predicted octanol–water partition coefficient (Wildman–Crippen LogP) is 3.36. The fraction of sp³-hybridized carbons (Fsp3) is 0.267. The molecule has 0 aliphatic carbocycles. The Hall–Kier alpha value is -1.65. The monoisotopic (exact) mass is 271 g/mol. The van der Waals surface area contributed by atoms with Crippen molar-refractivity contribution in [3.8, 4) is 0 Å².